The molecule has 0 aromatic heterocycles. The zero-order chi connectivity index (χ0) is 12.8. The smallest absolute Gasteiger partial charge is 0.148 e. The van der Waals surface area contributed by atoms with Crippen LogP contribution < -0.4 is 10.1 Å². The van der Waals surface area contributed by atoms with E-state index in [1.54, 1.807) is 7.11 Å². The third-order valence-electron chi connectivity index (χ3n) is 2.16. The lowest BCUT2D eigenvalue weighted by molar-refractivity contribution is 0.0910. The number of hydrogen-bond donors (Lipinski definition) is 1. The summed E-state index contributed by atoms with van der Waals surface area (Å²) in [6, 6.07) is 4.10. The van der Waals surface area contributed by atoms with Crippen LogP contribution in [-0.2, 0) is 11.3 Å². The number of hydrogen-bond acceptors (Lipinski definition) is 3. The Morgan fingerprint density at radius 2 is 1.88 bits per heavy atom. The number of nitrogens with one attached hydrogen (secondary N) is 1. The molecule has 0 aliphatic carbocycles. The lowest BCUT2D eigenvalue weighted by Gasteiger charge is -2.17. The lowest BCUT2D eigenvalue weighted by atomic mass is 10.2. The second-order valence-corrected chi connectivity index (χ2v) is 5.51. The van der Waals surface area contributed by atoms with Crippen LogP contribution in [0, 0.1) is 0 Å². The normalized spacial score (nSPS) is 12.5. The molecule has 0 radical (unpaired) electrons. The first-order valence-electron chi connectivity index (χ1n) is 5.36. The van der Waals surface area contributed by atoms with Gasteiger partial charge in [-0.25, -0.2) is 0 Å². The van der Waals surface area contributed by atoms with Gasteiger partial charge in [-0.1, -0.05) is 0 Å². The van der Waals surface area contributed by atoms with Crippen LogP contribution in [0.4, 0.5) is 0 Å². The van der Waals surface area contributed by atoms with Crippen LogP contribution in [-0.4, -0.2) is 26.9 Å². The minimum atomic E-state index is 0.0164. The van der Waals surface area contributed by atoms with Gasteiger partial charge in [0.05, 0.1) is 15.6 Å². The molecule has 1 unspecified atom stereocenters. The van der Waals surface area contributed by atoms with E-state index in [4.69, 9.17) is 9.47 Å². The molecular formula is C12H17Br2NO2. The van der Waals surface area contributed by atoms with E-state index >= 15 is 0 Å². The van der Waals surface area contributed by atoms with Crippen LogP contribution in [0.2, 0.25) is 0 Å². The standard InChI is InChI=1S/C12H17Br2NO2/c1-8(7-16-3)17-12-10(13)4-9(6-15-2)5-11(12)14/h4-5,8,15H,6-7H2,1-3H3. The first kappa shape index (κ1) is 15.0. The van der Waals surface area contributed by atoms with Crippen molar-refractivity contribution in [1.82, 2.24) is 5.32 Å². The Bertz CT molecular complexity index is 349. The van der Waals surface area contributed by atoms with Crippen molar-refractivity contribution in [3.8, 4) is 5.75 Å². The van der Waals surface area contributed by atoms with Gasteiger partial charge in [0.15, 0.2) is 0 Å². The van der Waals surface area contributed by atoms with Gasteiger partial charge in [0.2, 0.25) is 0 Å². The fourth-order valence-electron chi connectivity index (χ4n) is 1.50. The summed E-state index contributed by atoms with van der Waals surface area (Å²) in [5, 5.41) is 3.12. The Hall–Kier alpha value is -0.100. The van der Waals surface area contributed by atoms with Crippen molar-refractivity contribution in [1.29, 1.82) is 0 Å². The van der Waals surface area contributed by atoms with Crippen LogP contribution in [0.5, 0.6) is 5.75 Å². The number of halogens is 2. The molecule has 1 N–H and O–H groups in total. The Labute approximate surface area is 119 Å². The lowest BCUT2D eigenvalue weighted by Crippen LogP contribution is -2.18. The highest BCUT2D eigenvalue weighted by atomic mass is 79.9. The summed E-state index contributed by atoms with van der Waals surface area (Å²) < 4.78 is 12.8. The molecule has 0 saturated carbocycles. The molecule has 1 aromatic carbocycles. The van der Waals surface area contributed by atoms with Crippen LogP contribution in [0.3, 0.4) is 0 Å². The van der Waals surface area contributed by atoms with Crippen molar-refractivity contribution in [3.63, 3.8) is 0 Å². The summed E-state index contributed by atoms with van der Waals surface area (Å²) in [4.78, 5) is 0. The van der Waals surface area contributed by atoms with Crippen molar-refractivity contribution >= 4 is 31.9 Å². The largest absolute Gasteiger partial charge is 0.486 e. The quantitative estimate of drug-likeness (QED) is 0.837. The first-order valence-corrected chi connectivity index (χ1v) is 6.95. The maximum Gasteiger partial charge on any atom is 0.148 e. The van der Waals surface area contributed by atoms with Gasteiger partial charge < -0.3 is 14.8 Å². The number of methoxy groups -OCH3 is 1. The molecule has 0 saturated heterocycles. The molecular weight excluding hydrogens is 350 g/mol. The second-order valence-electron chi connectivity index (χ2n) is 3.80. The van der Waals surface area contributed by atoms with E-state index in [9.17, 15) is 0 Å². The minimum Gasteiger partial charge on any atom is -0.486 e. The van der Waals surface area contributed by atoms with Crippen LogP contribution in [0.15, 0.2) is 21.1 Å². The Kier molecular flexibility index (Phi) is 6.48. The zero-order valence-corrected chi connectivity index (χ0v) is 13.4. The van der Waals surface area contributed by atoms with E-state index in [0.29, 0.717) is 6.61 Å². The third kappa shape index (κ3) is 4.58. The maximum atomic E-state index is 5.81. The van der Waals surface area contributed by atoms with E-state index < -0.39 is 0 Å². The summed E-state index contributed by atoms with van der Waals surface area (Å²) in [6.07, 6.45) is 0.0164. The third-order valence-corrected chi connectivity index (χ3v) is 3.34. The highest BCUT2D eigenvalue weighted by molar-refractivity contribution is 9.11. The van der Waals surface area contributed by atoms with Gasteiger partial charge in [0, 0.05) is 13.7 Å². The van der Waals surface area contributed by atoms with Crippen molar-refractivity contribution in [3.05, 3.63) is 26.6 Å². The average Bonchev–Trinajstić information content (AvgIpc) is 2.24. The zero-order valence-electron chi connectivity index (χ0n) is 10.2. The van der Waals surface area contributed by atoms with Gasteiger partial charge in [-0.05, 0) is 63.5 Å². The van der Waals surface area contributed by atoms with Gasteiger partial charge in [-0.3, -0.25) is 0 Å². The summed E-state index contributed by atoms with van der Waals surface area (Å²) in [5.74, 6) is 0.814. The Morgan fingerprint density at radius 1 is 1.29 bits per heavy atom. The van der Waals surface area contributed by atoms with E-state index in [1.807, 2.05) is 14.0 Å². The number of benzene rings is 1. The first-order chi connectivity index (χ1) is 8.08. The van der Waals surface area contributed by atoms with Crippen molar-refractivity contribution in [2.24, 2.45) is 0 Å². The molecule has 0 spiro atoms. The van der Waals surface area contributed by atoms with Crippen LogP contribution in [0.25, 0.3) is 0 Å². The molecule has 0 amide bonds. The van der Waals surface area contributed by atoms with E-state index in [1.165, 1.54) is 5.56 Å². The van der Waals surface area contributed by atoms with Gasteiger partial charge in [-0.2, -0.15) is 0 Å². The van der Waals surface area contributed by atoms with Gasteiger partial charge in [0.1, 0.15) is 11.9 Å². The molecule has 3 nitrogen and oxygen atoms in total. The highest BCUT2D eigenvalue weighted by Gasteiger charge is 2.12. The van der Waals surface area contributed by atoms with Crippen molar-refractivity contribution in [2.45, 2.75) is 19.6 Å². The predicted octanol–water partition coefficient (Wildman–Crippen LogP) is 3.34. The van der Waals surface area contributed by atoms with Crippen LogP contribution in [0.1, 0.15) is 12.5 Å². The topological polar surface area (TPSA) is 30.5 Å². The molecule has 0 bridgehead atoms. The van der Waals surface area contributed by atoms with Crippen molar-refractivity contribution in [2.75, 3.05) is 20.8 Å². The summed E-state index contributed by atoms with van der Waals surface area (Å²) in [6.45, 7) is 3.37. The Morgan fingerprint density at radius 3 is 2.35 bits per heavy atom. The van der Waals surface area contributed by atoms with Crippen molar-refractivity contribution < 1.29 is 9.47 Å². The minimum absolute atomic E-state index is 0.0164. The summed E-state index contributed by atoms with van der Waals surface area (Å²) in [7, 11) is 3.59. The molecule has 0 fully saturated rings. The van der Waals surface area contributed by atoms with E-state index in [-0.39, 0.29) is 6.10 Å². The Balaban J connectivity index is 2.85. The molecule has 96 valence electrons. The highest BCUT2D eigenvalue weighted by Crippen LogP contribution is 2.35. The number of rotatable bonds is 6. The fraction of sp³-hybridized carbons (Fsp3) is 0.500. The monoisotopic (exact) mass is 365 g/mol. The summed E-state index contributed by atoms with van der Waals surface area (Å²) >= 11 is 7.05. The summed E-state index contributed by atoms with van der Waals surface area (Å²) in [5.41, 5.74) is 1.19. The van der Waals surface area contributed by atoms with E-state index in [0.717, 1.165) is 21.2 Å². The molecule has 0 aliphatic heterocycles. The molecule has 5 heteroatoms. The van der Waals surface area contributed by atoms with E-state index in [2.05, 4.69) is 49.3 Å². The van der Waals surface area contributed by atoms with Gasteiger partial charge >= 0.3 is 0 Å². The number of ether oxygens (including phenoxy) is 2. The molecule has 1 aromatic rings. The van der Waals surface area contributed by atoms with Crippen LogP contribution >= 0.6 is 31.9 Å². The molecule has 1 atom stereocenters. The molecule has 17 heavy (non-hydrogen) atoms. The maximum absolute atomic E-state index is 5.81. The van der Waals surface area contributed by atoms with Gasteiger partial charge in [0.25, 0.3) is 0 Å². The fourth-order valence-corrected chi connectivity index (χ4v) is 2.97. The molecule has 0 heterocycles. The molecule has 1 rings (SSSR count). The SMILES string of the molecule is CNCc1cc(Br)c(OC(C)COC)c(Br)c1. The molecule has 0 aliphatic rings. The average molecular weight is 367 g/mol. The predicted molar refractivity (Wildman–Crippen MR) is 76.6 cm³/mol. The van der Waals surface area contributed by atoms with Gasteiger partial charge in [-0.15, -0.1) is 0 Å². The second kappa shape index (κ2) is 7.36.